The van der Waals surface area contributed by atoms with Crippen molar-refractivity contribution in [3.05, 3.63) is 48.2 Å². The number of carbonyl (C=O) groups excluding carboxylic acids is 2. The van der Waals surface area contributed by atoms with Crippen LogP contribution >= 0.6 is 0 Å². The van der Waals surface area contributed by atoms with Gasteiger partial charge in [0.2, 0.25) is 0 Å². The Labute approximate surface area is 159 Å². The summed E-state index contributed by atoms with van der Waals surface area (Å²) in [5.41, 5.74) is 1.76. The summed E-state index contributed by atoms with van der Waals surface area (Å²) in [6, 6.07) is 0. The zero-order valence-corrected chi connectivity index (χ0v) is 14.9. The fourth-order valence-electron chi connectivity index (χ4n) is 2.59. The smallest absolute Gasteiger partial charge is 0.278 e. The molecule has 0 spiro atoms. The van der Waals surface area contributed by atoms with Crippen LogP contribution in [0, 0.1) is 0 Å². The van der Waals surface area contributed by atoms with Crippen molar-refractivity contribution >= 4 is 29.0 Å². The van der Waals surface area contributed by atoms with E-state index in [-0.39, 0.29) is 22.9 Å². The molecule has 0 atom stereocenters. The normalized spacial score (nSPS) is 13.0. The number of nitrogens with zero attached hydrogens (tertiary/aromatic N) is 5. The fourth-order valence-corrected chi connectivity index (χ4v) is 2.59. The molecular formula is C17H17N9O2. The number of hydrogen-bond donors (Lipinski definition) is 4. The van der Waals surface area contributed by atoms with Crippen LogP contribution in [0.5, 0.6) is 0 Å². The molecule has 4 N–H and O–H groups in total. The van der Waals surface area contributed by atoms with Crippen LogP contribution in [0.2, 0.25) is 0 Å². The second kappa shape index (κ2) is 7.39. The van der Waals surface area contributed by atoms with Crippen LogP contribution < -0.4 is 16.0 Å². The van der Waals surface area contributed by atoms with E-state index < -0.39 is 11.8 Å². The molecule has 11 heteroatoms. The van der Waals surface area contributed by atoms with E-state index in [2.05, 4.69) is 46.1 Å². The van der Waals surface area contributed by atoms with Crippen LogP contribution in [0.15, 0.2) is 31.1 Å². The molecule has 142 valence electrons. The summed E-state index contributed by atoms with van der Waals surface area (Å²) >= 11 is 0. The molecular weight excluding hydrogens is 362 g/mol. The van der Waals surface area contributed by atoms with Gasteiger partial charge in [-0.25, -0.2) is 19.9 Å². The van der Waals surface area contributed by atoms with Gasteiger partial charge in [0.1, 0.15) is 6.33 Å². The Morgan fingerprint density at radius 3 is 2.61 bits per heavy atom. The molecule has 2 amide bonds. The standard InChI is InChI=1S/C17H17N9O2/c1-18-16(27)13-12(7-22-26-13)25-17(28)14-15(23-10-4-19-8-20-5-10)21-6-11(24-14)9-2-3-9/h4-9H,2-3H2,1H3,(H,18,27)(H,21,23)(H,22,26)(H,25,28). The molecule has 11 nitrogen and oxygen atoms in total. The third-order valence-electron chi connectivity index (χ3n) is 4.16. The number of aromatic nitrogens is 6. The quantitative estimate of drug-likeness (QED) is 0.499. The molecule has 3 heterocycles. The van der Waals surface area contributed by atoms with Crippen LogP contribution in [0.25, 0.3) is 0 Å². The molecule has 3 aromatic heterocycles. The maximum absolute atomic E-state index is 12.9. The Balaban J connectivity index is 1.64. The highest BCUT2D eigenvalue weighted by molar-refractivity contribution is 6.09. The summed E-state index contributed by atoms with van der Waals surface area (Å²) < 4.78 is 0. The lowest BCUT2D eigenvalue weighted by molar-refractivity contribution is 0.0959. The van der Waals surface area contributed by atoms with Gasteiger partial charge in [-0.1, -0.05) is 0 Å². The summed E-state index contributed by atoms with van der Waals surface area (Å²) in [6.07, 6.45) is 9.66. The minimum atomic E-state index is -0.513. The predicted octanol–water partition coefficient (Wildman–Crippen LogP) is 1.22. The fraction of sp³-hybridized carbons (Fsp3) is 0.235. The Hall–Kier alpha value is -3.89. The van der Waals surface area contributed by atoms with Gasteiger partial charge in [0.25, 0.3) is 11.8 Å². The molecule has 3 aromatic rings. The van der Waals surface area contributed by atoms with Gasteiger partial charge in [-0.3, -0.25) is 14.7 Å². The minimum Gasteiger partial charge on any atom is -0.354 e. The molecule has 0 radical (unpaired) electrons. The maximum atomic E-state index is 12.9. The Morgan fingerprint density at radius 2 is 1.89 bits per heavy atom. The molecule has 1 fully saturated rings. The molecule has 4 rings (SSSR count). The number of amides is 2. The largest absolute Gasteiger partial charge is 0.354 e. The van der Waals surface area contributed by atoms with Crippen molar-refractivity contribution in [2.75, 3.05) is 17.7 Å². The van der Waals surface area contributed by atoms with Crippen molar-refractivity contribution in [1.29, 1.82) is 0 Å². The summed E-state index contributed by atoms with van der Waals surface area (Å²) in [6.45, 7) is 0. The summed E-state index contributed by atoms with van der Waals surface area (Å²) in [7, 11) is 1.48. The van der Waals surface area contributed by atoms with E-state index in [1.54, 1.807) is 18.6 Å². The van der Waals surface area contributed by atoms with E-state index in [4.69, 9.17) is 0 Å². The molecule has 0 saturated heterocycles. The number of carbonyl (C=O) groups is 2. The number of nitrogens with one attached hydrogen (secondary N) is 4. The van der Waals surface area contributed by atoms with Gasteiger partial charge in [-0.05, 0) is 12.8 Å². The van der Waals surface area contributed by atoms with E-state index in [1.807, 2.05) is 0 Å². The highest BCUT2D eigenvalue weighted by Gasteiger charge is 2.28. The third kappa shape index (κ3) is 3.63. The first kappa shape index (κ1) is 17.5. The molecule has 0 aromatic carbocycles. The highest BCUT2D eigenvalue weighted by atomic mass is 16.2. The van der Waals surface area contributed by atoms with Gasteiger partial charge >= 0.3 is 0 Å². The predicted molar refractivity (Wildman–Crippen MR) is 99.3 cm³/mol. The molecule has 0 bridgehead atoms. The Bertz CT molecular complexity index is 1010. The van der Waals surface area contributed by atoms with E-state index in [0.717, 1.165) is 18.5 Å². The number of H-pyrrole nitrogens is 1. The zero-order chi connectivity index (χ0) is 19.5. The van der Waals surface area contributed by atoms with Gasteiger partial charge in [0.05, 0.1) is 35.7 Å². The molecule has 1 saturated carbocycles. The van der Waals surface area contributed by atoms with E-state index in [1.165, 1.54) is 19.6 Å². The lowest BCUT2D eigenvalue weighted by Gasteiger charge is -2.11. The van der Waals surface area contributed by atoms with Crippen LogP contribution in [0.4, 0.5) is 17.2 Å². The van der Waals surface area contributed by atoms with Crippen LogP contribution in [-0.4, -0.2) is 49.0 Å². The van der Waals surface area contributed by atoms with Gasteiger partial charge in [0.15, 0.2) is 17.2 Å². The SMILES string of the molecule is CNC(=O)c1n[nH]cc1NC(=O)c1nc(C2CC2)cnc1Nc1cncnc1. The van der Waals surface area contributed by atoms with Crippen molar-refractivity contribution < 1.29 is 9.59 Å². The summed E-state index contributed by atoms with van der Waals surface area (Å²) in [5, 5.41) is 14.6. The van der Waals surface area contributed by atoms with Gasteiger partial charge in [-0.2, -0.15) is 5.10 Å². The van der Waals surface area contributed by atoms with E-state index in [9.17, 15) is 9.59 Å². The van der Waals surface area contributed by atoms with Gasteiger partial charge in [0, 0.05) is 19.2 Å². The molecule has 0 unspecified atom stereocenters. The first-order chi connectivity index (χ1) is 13.7. The maximum Gasteiger partial charge on any atom is 0.278 e. The molecule has 28 heavy (non-hydrogen) atoms. The molecule has 1 aliphatic carbocycles. The van der Waals surface area contributed by atoms with Gasteiger partial charge in [-0.15, -0.1) is 0 Å². The van der Waals surface area contributed by atoms with Crippen molar-refractivity contribution in [3.8, 4) is 0 Å². The number of rotatable bonds is 6. The van der Waals surface area contributed by atoms with Gasteiger partial charge < -0.3 is 16.0 Å². The van der Waals surface area contributed by atoms with E-state index >= 15 is 0 Å². The number of aromatic amines is 1. The lowest BCUT2D eigenvalue weighted by atomic mass is 10.2. The molecule has 0 aliphatic heterocycles. The van der Waals surface area contributed by atoms with Crippen LogP contribution in [0.1, 0.15) is 45.4 Å². The summed E-state index contributed by atoms with van der Waals surface area (Å²) in [5.74, 6) is -0.347. The topological polar surface area (TPSA) is 150 Å². The Kier molecular flexibility index (Phi) is 4.62. The van der Waals surface area contributed by atoms with Crippen molar-refractivity contribution in [2.24, 2.45) is 0 Å². The second-order valence-corrected chi connectivity index (χ2v) is 6.20. The van der Waals surface area contributed by atoms with Crippen LogP contribution in [0.3, 0.4) is 0 Å². The zero-order valence-electron chi connectivity index (χ0n) is 14.9. The Morgan fingerprint density at radius 1 is 1.11 bits per heavy atom. The average Bonchev–Trinajstić information content (AvgIpc) is 3.47. The first-order valence-electron chi connectivity index (χ1n) is 8.62. The molecule has 1 aliphatic rings. The van der Waals surface area contributed by atoms with Crippen LogP contribution in [-0.2, 0) is 0 Å². The summed E-state index contributed by atoms with van der Waals surface area (Å²) in [4.78, 5) is 41.5. The highest BCUT2D eigenvalue weighted by Crippen LogP contribution is 2.39. The van der Waals surface area contributed by atoms with Crippen molar-refractivity contribution in [1.82, 2.24) is 35.5 Å². The minimum absolute atomic E-state index is 0.0770. The monoisotopic (exact) mass is 379 g/mol. The average molecular weight is 379 g/mol. The lowest BCUT2D eigenvalue weighted by Crippen LogP contribution is -2.22. The number of hydrogen-bond acceptors (Lipinski definition) is 8. The first-order valence-corrected chi connectivity index (χ1v) is 8.62. The number of anilines is 3. The third-order valence-corrected chi connectivity index (χ3v) is 4.16. The van der Waals surface area contributed by atoms with Crippen molar-refractivity contribution in [2.45, 2.75) is 18.8 Å². The van der Waals surface area contributed by atoms with E-state index in [0.29, 0.717) is 11.6 Å². The second-order valence-electron chi connectivity index (χ2n) is 6.20. The van der Waals surface area contributed by atoms with Crippen molar-refractivity contribution in [3.63, 3.8) is 0 Å².